The van der Waals surface area contributed by atoms with Crippen LogP contribution in [0.1, 0.15) is 46.1 Å². The molecule has 0 saturated heterocycles. The van der Waals surface area contributed by atoms with Gasteiger partial charge >= 0.3 is 6.03 Å². The summed E-state index contributed by atoms with van der Waals surface area (Å²) in [5.41, 5.74) is 1.64. The molecule has 38 heavy (non-hydrogen) atoms. The molecule has 0 spiro atoms. The number of nitrogens with one attached hydrogen (secondary N) is 3. The average molecular weight is 546 g/mol. The summed E-state index contributed by atoms with van der Waals surface area (Å²) in [6.45, 7) is 10.1. The monoisotopic (exact) mass is 545 g/mol. The zero-order valence-corrected chi connectivity index (χ0v) is 23.6. The number of carbonyl (C=O) groups is 2. The lowest BCUT2D eigenvalue weighted by Gasteiger charge is -2.27. The fourth-order valence-electron chi connectivity index (χ4n) is 3.81. The molecule has 0 unspecified atom stereocenters. The molecule has 0 aromatic heterocycles. The molecule has 0 aliphatic carbocycles. The number of rotatable bonds is 13. The number of carbonyl (C=O) groups excluding carboxylic acids is 2. The number of anilines is 3. The number of hydrogen-bond acceptors (Lipinski definition) is 6. The minimum atomic E-state index is -3.49. The molecule has 3 amide bonds. The summed E-state index contributed by atoms with van der Waals surface area (Å²) in [6, 6.07) is 12.5. The van der Waals surface area contributed by atoms with Gasteiger partial charge in [-0.1, -0.05) is 13.3 Å². The van der Waals surface area contributed by atoms with Gasteiger partial charge in [0.25, 0.3) is 5.91 Å². The molecule has 0 bridgehead atoms. The van der Waals surface area contributed by atoms with Gasteiger partial charge in [0.05, 0.1) is 11.9 Å². The van der Waals surface area contributed by atoms with Crippen LogP contribution >= 0.6 is 0 Å². The van der Waals surface area contributed by atoms with E-state index in [0.717, 1.165) is 37.9 Å². The highest BCUT2D eigenvalue weighted by Gasteiger charge is 2.29. The first kappa shape index (κ1) is 30.5. The minimum absolute atomic E-state index is 0.233. The van der Waals surface area contributed by atoms with E-state index in [1.54, 1.807) is 19.1 Å². The number of amides is 3. The lowest BCUT2D eigenvalue weighted by molar-refractivity contribution is -0.117. The number of hydrogen-bond donors (Lipinski definition) is 4. The van der Waals surface area contributed by atoms with Gasteiger partial charge in [-0.15, -0.1) is 0 Å². The van der Waals surface area contributed by atoms with Gasteiger partial charge in [-0.3, -0.25) is 14.4 Å². The fraction of sp³-hybridized carbons (Fsp3) is 0.407. The Morgan fingerprint density at radius 2 is 1.45 bits per heavy atom. The molecule has 4 N–H and O–H groups in total. The van der Waals surface area contributed by atoms with E-state index in [4.69, 9.17) is 0 Å². The van der Waals surface area contributed by atoms with Gasteiger partial charge in [-0.2, -0.15) is 0 Å². The SMILES string of the molecule is CCCCNC(=O)N(/C(C(=O)NCC)=C(\O)c1ccc(NS(C)(=O)=O)cc1)c1ccc(N(CC)CC)cc1. The number of benzene rings is 2. The van der Waals surface area contributed by atoms with E-state index in [0.29, 0.717) is 17.9 Å². The topological polar surface area (TPSA) is 131 Å². The lowest BCUT2D eigenvalue weighted by Crippen LogP contribution is -2.45. The highest BCUT2D eigenvalue weighted by Crippen LogP contribution is 2.28. The maximum Gasteiger partial charge on any atom is 0.326 e. The van der Waals surface area contributed by atoms with Crippen LogP contribution in [0.4, 0.5) is 21.9 Å². The summed E-state index contributed by atoms with van der Waals surface area (Å²) in [5, 5.41) is 16.8. The molecular formula is C27H39N5O5S. The van der Waals surface area contributed by atoms with E-state index in [1.165, 1.54) is 29.2 Å². The summed E-state index contributed by atoms with van der Waals surface area (Å²) in [4.78, 5) is 30.1. The van der Waals surface area contributed by atoms with Crippen LogP contribution in [0.25, 0.3) is 5.76 Å². The number of aliphatic hydroxyl groups is 1. The Balaban J connectivity index is 2.65. The second kappa shape index (κ2) is 14.3. The van der Waals surface area contributed by atoms with E-state index >= 15 is 0 Å². The third-order valence-electron chi connectivity index (χ3n) is 5.71. The molecule has 11 heteroatoms. The lowest BCUT2D eigenvalue weighted by atomic mass is 10.1. The van der Waals surface area contributed by atoms with Crippen LogP contribution in [0.15, 0.2) is 54.2 Å². The summed E-state index contributed by atoms with van der Waals surface area (Å²) < 4.78 is 25.4. The molecular weight excluding hydrogens is 506 g/mol. The van der Waals surface area contributed by atoms with Crippen LogP contribution < -0.4 is 25.2 Å². The largest absolute Gasteiger partial charge is 0.505 e. The predicted molar refractivity (Wildman–Crippen MR) is 154 cm³/mol. The zero-order valence-electron chi connectivity index (χ0n) is 22.7. The van der Waals surface area contributed by atoms with Gasteiger partial charge in [0, 0.05) is 43.1 Å². The van der Waals surface area contributed by atoms with Crippen molar-refractivity contribution in [3.8, 4) is 0 Å². The summed E-state index contributed by atoms with van der Waals surface area (Å²) in [6.07, 6.45) is 2.66. The molecule has 10 nitrogen and oxygen atoms in total. The van der Waals surface area contributed by atoms with Gasteiger partial charge in [0.2, 0.25) is 10.0 Å². The van der Waals surface area contributed by atoms with Crippen molar-refractivity contribution in [3.63, 3.8) is 0 Å². The highest BCUT2D eigenvalue weighted by molar-refractivity contribution is 7.92. The minimum Gasteiger partial charge on any atom is -0.505 e. The predicted octanol–water partition coefficient (Wildman–Crippen LogP) is 4.28. The first-order chi connectivity index (χ1) is 18.1. The van der Waals surface area contributed by atoms with Crippen molar-refractivity contribution in [2.75, 3.05) is 47.0 Å². The Morgan fingerprint density at radius 3 is 1.95 bits per heavy atom. The quantitative estimate of drug-likeness (QED) is 0.169. The molecule has 208 valence electrons. The normalized spacial score (nSPS) is 11.8. The molecule has 0 fully saturated rings. The summed E-state index contributed by atoms with van der Waals surface area (Å²) in [5.74, 6) is -1.07. The zero-order chi connectivity index (χ0) is 28.3. The molecule has 0 aliphatic rings. The summed E-state index contributed by atoms with van der Waals surface area (Å²) >= 11 is 0. The Kier molecular flexibility index (Phi) is 11.5. The second-order valence-electron chi connectivity index (χ2n) is 8.62. The molecule has 0 heterocycles. The van der Waals surface area contributed by atoms with E-state index in [9.17, 15) is 23.1 Å². The number of urea groups is 1. The Labute approximate surface area is 225 Å². The van der Waals surface area contributed by atoms with Crippen molar-refractivity contribution in [2.45, 2.75) is 40.5 Å². The van der Waals surface area contributed by atoms with Crippen LogP contribution in [0, 0.1) is 0 Å². The molecule has 2 aromatic rings. The van der Waals surface area contributed by atoms with Gasteiger partial charge in [0.15, 0.2) is 11.5 Å². The molecule has 2 aromatic carbocycles. The standard InChI is InChI=1S/C27H39N5O5S/c1-6-10-19-29-27(35)32(23-17-15-22(16-18-23)31(8-3)9-4)24(26(34)28-7-2)25(33)20-11-13-21(14-12-20)30-38(5,36)37/h11-18,30,33H,6-10,19H2,1-5H3,(H,28,34)(H,29,35)/b25-24-. The molecule has 0 saturated carbocycles. The number of unbranched alkanes of at least 4 members (excludes halogenated alkanes) is 1. The maximum absolute atomic E-state index is 13.4. The van der Waals surface area contributed by atoms with E-state index < -0.39 is 27.7 Å². The van der Waals surface area contributed by atoms with E-state index in [2.05, 4.69) is 34.1 Å². The molecule has 2 rings (SSSR count). The molecule has 0 aliphatic heterocycles. The highest BCUT2D eigenvalue weighted by atomic mass is 32.2. The fourth-order valence-corrected chi connectivity index (χ4v) is 4.37. The first-order valence-electron chi connectivity index (χ1n) is 12.8. The second-order valence-corrected chi connectivity index (χ2v) is 10.4. The van der Waals surface area contributed by atoms with Gasteiger partial charge < -0.3 is 20.6 Å². The van der Waals surface area contributed by atoms with Crippen molar-refractivity contribution in [2.24, 2.45) is 0 Å². The Morgan fingerprint density at radius 1 is 0.868 bits per heavy atom. The summed E-state index contributed by atoms with van der Waals surface area (Å²) in [7, 11) is -3.49. The Bertz CT molecular complexity index is 1210. The third-order valence-corrected chi connectivity index (χ3v) is 6.31. The van der Waals surface area contributed by atoms with Crippen LogP contribution in [0.5, 0.6) is 0 Å². The van der Waals surface area contributed by atoms with Crippen LogP contribution in [0.2, 0.25) is 0 Å². The van der Waals surface area contributed by atoms with Crippen molar-refractivity contribution in [1.82, 2.24) is 10.6 Å². The van der Waals surface area contributed by atoms with E-state index in [-0.39, 0.29) is 17.8 Å². The van der Waals surface area contributed by atoms with Gasteiger partial charge in [-0.25, -0.2) is 13.2 Å². The molecule has 0 atom stereocenters. The van der Waals surface area contributed by atoms with E-state index in [1.807, 2.05) is 19.1 Å². The average Bonchev–Trinajstić information content (AvgIpc) is 2.88. The smallest absolute Gasteiger partial charge is 0.326 e. The third kappa shape index (κ3) is 8.41. The van der Waals surface area contributed by atoms with Crippen molar-refractivity contribution in [1.29, 1.82) is 0 Å². The molecule has 0 radical (unpaired) electrons. The van der Waals surface area contributed by atoms with Crippen LogP contribution in [-0.4, -0.2) is 57.9 Å². The number of sulfonamides is 1. The van der Waals surface area contributed by atoms with Gasteiger partial charge in [-0.05, 0) is 75.7 Å². The maximum atomic E-state index is 13.4. The number of nitrogens with zero attached hydrogens (tertiary/aromatic N) is 2. The number of likely N-dealkylation sites (N-methyl/N-ethyl adjacent to an activating group) is 1. The van der Waals surface area contributed by atoms with Crippen LogP contribution in [-0.2, 0) is 14.8 Å². The van der Waals surface area contributed by atoms with Crippen molar-refractivity contribution < 1.29 is 23.1 Å². The Hall–Kier alpha value is -3.73. The first-order valence-corrected chi connectivity index (χ1v) is 14.7. The number of aliphatic hydroxyl groups excluding tert-OH is 1. The van der Waals surface area contributed by atoms with Gasteiger partial charge in [0.1, 0.15) is 0 Å². The van der Waals surface area contributed by atoms with Crippen molar-refractivity contribution in [3.05, 3.63) is 59.8 Å². The van der Waals surface area contributed by atoms with Crippen LogP contribution in [0.3, 0.4) is 0 Å². The van der Waals surface area contributed by atoms with Crippen molar-refractivity contribution >= 4 is 44.8 Å².